The monoisotopic (exact) mass is 289 g/mol. The van der Waals surface area contributed by atoms with Crippen LogP contribution >= 0.6 is 11.3 Å². The Bertz CT molecular complexity index is 548. The molecule has 2 rings (SSSR count). The van der Waals surface area contributed by atoms with Crippen LogP contribution in [0.2, 0.25) is 0 Å². The molecular weight excluding hydrogens is 279 g/mol. The number of thiazole rings is 1. The van der Waals surface area contributed by atoms with Crippen LogP contribution in [0.25, 0.3) is 0 Å². The Kier molecular flexibility index (Phi) is 4.10. The summed E-state index contributed by atoms with van der Waals surface area (Å²) in [6.45, 7) is -2.73. The summed E-state index contributed by atoms with van der Waals surface area (Å²) in [5.74, 6) is -1.48. The predicted octanol–water partition coefficient (Wildman–Crippen LogP) is 3.08. The van der Waals surface area contributed by atoms with Gasteiger partial charge >= 0.3 is 6.61 Å². The van der Waals surface area contributed by atoms with Crippen LogP contribution in [-0.2, 0) is 6.54 Å². The van der Waals surface area contributed by atoms with E-state index in [-0.39, 0.29) is 5.69 Å². The van der Waals surface area contributed by atoms with Crippen molar-refractivity contribution in [2.24, 2.45) is 0 Å². The third-order valence-corrected chi connectivity index (χ3v) is 3.01. The normalized spacial score (nSPS) is 10.7. The summed E-state index contributed by atoms with van der Waals surface area (Å²) in [5, 5.41) is 5.48. The second-order valence-electron chi connectivity index (χ2n) is 3.53. The van der Waals surface area contributed by atoms with Gasteiger partial charge in [0.05, 0.1) is 17.9 Å². The number of nitrogens with one attached hydrogen (secondary N) is 1. The van der Waals surface area contributed by atoms with Crippen molar-refractivity contribution in [2.75, 3.05) is 11.1 Å². The predicted molar refractivity (Wildman–Crippen MR) is 66.9 cm³/mol. The van der Waals surface area contributed by atoms with E-state index >= 15 is 0 Å². The topological polar surface area (TPSA) is 60.2 Å². The van der Waals surface area contributed by atoms with Crippen LogP contribution in [0.3, 0.4) is 0 Å². The van der Waals surface area contributed by atoms with Crippen LogP contribution in [0.1, 0.15) is 5.01 Å². The minimum atomic E-state index is -3.09. The first-order valence-corrected chi connectivity index (χ1v) is 6.10. The molecule has 0 unspecified atom stereocenters. The average Bonchev–Trinajstić information content (AvgIpc) is 2.83. The van der Waals surface area contributed by atoms with Crippen LogP contribution < -0.4 is 15.8 Å². The zero-order chi connectivity index (χ0) is 13.8. The number of nitrogens with zero attached hydrogens (tertiary/aromatic N) is 1. The van der Waals surface area contributed by atoms with E-state index in [1.54, 1.807) is 11.6 Å². The molecule has 0 aliphatic rings. The van der Waals surface area contributed by atoms with Crippen molar-refractivity contribution >= 4 is 22.7 Å². The fourth-order valence-electron chi connectivity index (χ4n) is 1.42. The summed E-state index contributed by atoms with van der Waals surface area (Å²) in [7, 11) is 0. The Balaban J connectivity index is 2.15. The van der Waals surface area contributed by atoms with E-state index < -0.39 is 18.2 Å². The molecule has 8 heteroatoms. The average molecular weight is 289 g/mol. The van der Waals surface area contributed by atoms with Crippen LogP contribution in [0.5, 0.6) is 5.75 Å². The zero-order valence-electron chi connectivity index (χ0n) is 9.57. The van der Waals surface area contributed by atoms with Gasteiger partial charge in [-0.2, -0.15) is 8.78 Å². The molecule has 102 valence electrons. The van der Waals surface area contributed by atoms with Crippen LogP contribution in [0.15, 0.2) is 23.7 Å². The summed E-state index contributed by atoms with van der Waals surface area (Å²) in [6.07, 6.45) is 1.64. The number of hydrogen-bond acceptors (Lipinski definition) is 5. The van der Waals surface area contributed by atoms with Crippen molar-refractivity contribution in [3.05, 3.63) is 34.5 Å². The van der Waals surface area contributed by atoms with E-state index in [9.17, 15) is 13.2 Å². The van der Waals surface area contributed by atoms with E-state index in [0.717, 1.165) is 17.1 Å². The maximum absolute atomic E-state index is 13.3. The number of rotatable bonds is 5. The third-order valence-electron chi connectivity index (χ3n) is 2.23. The maximum atomic E-state index is 13.3. The Morgan fingerprint density at radius 3 is 2.84 bits per heavy atom. The van der Waals surface area contributed by atoms with Crippen molar-refractivity contribution < 1.29 is 17.9 Å². The summed E-state index contributed by atoms with van der Waals surface area (Å²) in [6, 6.07) is 2.03. The lowest BCUT2D eigenvalue weighted by atomic mass is 10.2. The molecule has 2 aromatic rings. The van der Waals surface area contributed by atoms with E-state index in [0.29, 0.717) is 12.2 Å². The first-order chi connectivity index (χ1) is 9.06. The first kappa shape index (κ1) is 13.5. The largest absolute Gasteiger partial charge is 0.432 e. The maximum Gasteiger partial charge on any atom is 0.387 e. The Morgan fingerprint density at radius 2 is 2.21 bits per heavy atom. The molecule has 0 saturated carbocycles. The van der Waals surface area contributed by atoms with Gasteiger partial charge in [-0.15, -0.1) is 11.3 Å². The number of benzene rings is 1. The third kappa shape index (κ3) is 3.50. The van der Waals surface area contributed by atoms with Gasteiger partial charge in [-0.3, -0.25) is 0 Å². The molecule has 4 nitrogen and oxygen atoms in total. The van der Waals surface area contributed by atoms with E-state index in [1.165, 1.54) is 11.3 Å². The molecule has 0 atom stereocenters. The fraction of sp³-hybridized carbons (Fsp3) is 0.182. The summed E-state index contributed by atoms with van der Waals surface area (Å²) in [5.41, 5.74) is 6.02. The summed E-state index contributed by atoms with van der Waals surface area (Å²) >= 11 is 1.43. The van der Waals surface area contributed by atoms with Crippen molar-refractivity contribution in [3.8, 4) is 5.75 Å². The first-order valence-electron chi connectivity index (χ1n) is 5.22. The van der Waals surface area contributed by atoms with Crippen LogP contribution in [0, 0.1) is 5.82 Å². The smallest absolute Gasteiger partial charge is 0.387 e. The number of nitrogens with two attached hydrogens (primary N) is 1. The van der Waals surface area contributed by atoms with E-state index in [4.69, 9.17) is 5.73 Å². The van der Waals surface area contributed by atoms with Crippen LogP contribution in [0.4, 0.5) is 24.5 Å². The number of anilines is 2. The number of nitrogen functional groups attached to an aromatic ring is 1. The fourth-order valence-corrected chi connectivity index (χ4v) is 1.98. The molecule has 0 spiro atoms. The highest BCUT2D eigenvalue weighted by Gasteiger charge is 2.13. The zero-order valence-corrected chi connectivity index (χ0v) is 10.4. The van der Waals surface area contributed by atoms with Gasteiger partial charge in [0, 0.05) is 23.7 Å². The lowest BCUT2D eigenvalue weighted by Gasteiger charge is -2.12. The molecule has 0 saturated heterocycles. The molecule has 0 radical (unpaired) electrons. The minimum Gasteiger partial charge on any atom is -0.432 e. The van der Waals surface area contributed by atoms with E-state index in [1.807, 2.05) is 0 Å². The summed E-state index contributed by atoms with van der Waals surface area (Å²) in [4.78, 5) is 4.04. The Labute approximate surface area is 111 Å². The number of hydrogen-bond donors (Lipinski definition) is 2. The van der Waals surface area contributed by atoms with Gasteiger partial charge in [0.2, 0.25) is 0 Å². The standard InChI is InChI=1S/C11H10F3N3OS/c12-6-3-7(15)8(4-9(6)18-11(13)14)17-5-10-16-1-2-19-10/h1-4,11,17H,5,15H2. The molecule has 1 aromatic heterocycles. The SMILES string of the molecule is Nc1cc(F)c(OC(F)F)cc1NCc1nccs1. The second-order valence-corrected chi connectivity index (χ2v) is 4.51. The van der Waals surface area contributed by atoms with Gasteiger partial charge in [0.15, 0.2) is 11.6 Å². The lowest BCUT2D eigenvalue weighted by molar-refractivity contribution is -0.0521. The summed E-state index contributed by atoms with van der Waals surface area (Å²) < 4.78 is 41.6. The minimum absolute atomic E-state index is 0.107. The molecule has 1 aromatic carbocycles. The number of ether oxygens (including phenoxy) is 1. The van der Waals surface area contributed by atoms with Crippen molar-refractivity contribution in [2.45, 2.75) is 13.2 Å². The highest BCUT2D eigenvalue weighted by atomic mass is 32.1. The van der Waals surface area contributed by atoms with E-state index in [2.05, 4.69) is 15.0 Å². The van der Waals surface area contributed by atoms with Gasteiger partial charge in [0.25, 0.3) is 0 Å². The van der Waals surface area contributed by atoms with Gasteiger partial charge in [0.1, 0.15) is 5.01 Å². The van der Waals surface area contributed by atoms with Crippen molar-refractivity contribution in [1.82, 2.24) is 4.98 Å². The molecule has 0 aliphatic carbocycles. The second kappa shape index (κ2) is 5.79. The number of aromatic nitrogens is 1. The molecule has 0 aliphatic heterocycles. The highest BCUT2D eigenvalue weighted by Crippen LogP contribution is 2.29. The molecule has 3 N–H and O–H groups in total. The molecular formula is C11H10F3N3OS. The molecule has 0 fully saturated rings. The Morgan fingerprint density at radius 1 is 1.42 bits per heavy atom. The van der Waals surface area contributed by atoms with Gasteiger partial charge in [-0.25, -0.2) is 9.37 Å². The van der Waals surface area contributed by atoms with Crippen molar-refractivity contribution in [1.29, 1.82) is 0 Å². The Hall–Kier alpha value is -1.96. The quantitative estimate of drug-likeness (QED) is 0.830. The van der Waals surface area contributed by atoms with Gasteiger partial charge in [-0.05, 0) is 0 Å². The number of alkyl halides is 2. The molecule has 0 amide bonds. The molecule has 1 heterocycles. The molecule has 0 bridgehead atoms. The number of halogens is 3. The molecule has 19 heavy (non-hydrogen) atoms. The lowest BCUT2D eigenvalue weighted by Crippen LogP contribution is -2.07. The van der Waals surface area contributed by atoms with Crippen molar-refractivity contribution in [3.63, 3.8) is 0 Å². The van der Waals surface area contributed by atoms with Gasteiger partial charge < -0.3 is 15.8 Å². The van der Waals surface area contributed by atoms with Gasteiger partial charge in [-0.1, -0.05) is 0 Å². The van der Waals surface area contributed by atoms with Crippen LogP contribution in [-0.4, -0.2) is 11.6 Å². The highest BCUT2D eigenvalue weighted by molar-refractivity contribution is 7.09.